The lowest BCUT2D eigenvalue weighted by molar-refractivity contribution is -0.133. The zero-order valence-corrected chi connectivity index (χ0v) is 13.6. The molecule has 1 aliphatic heterocycles. The standard InChI is InChI=1S/C17H25N3O3/c1-2-23-15-6-4-3-5-14(15)19-16(21)7-8-17(22)20-11-9-13(18)10-12-20/h3-6,13H,2,7-12,18H2,1H3,(H,19,21). The lowest BCUT2D eigenvalue weighted by Crippen LogP contribution is -2.43. The van der Waals surface area contributed by atoms with E-state index in [4.69, 9.17) is 10.5 Å². The maximum Gasteiger partial charge on any atom is 0.224 e. The predicted molar refractivity (Wildman–Crippen MR) is 89.3 cm³/mol. The lowest BCUT2D eigenvalue weighted by Gasteiger charge is -2.30. The molecular weight excluding hydrogens is 294 g/mol. The Kier molecular flexibility index (Phi) is 6.40. The number of piperidine rings is 1. The van der Waals surface area contributed by atoms with E-state index in [2.05, 4.69) is 5.32 Å². The highest BCUT2D eigenvalue weighted by Gasteiger charge is 2.21. The molecule has 0 saturated carbocycles. The van der Waals surface area contributed by atoms with Crippen molar-refractivity contribution in [3.63, 3.8) is 0 Å². The highest BCUT2D eigenvalue weighted by Crippen LogP contribution is 2.23. The highest BCUT2D eigenvalue weighted by atomic mass is 16.5. The number of amides is 2. The average molecular weight is 319 g/mol. The third kappa shape index (κ3) is 5.25. The largest absolute Gasteiger partial charge is 0.492 e. The van der Waals surface area contributed by atoms with Crippen molar-refractivity contribution >= 4 is 17.5 Å². The van der Waals surface area contributed by atoms with Crippen molar-refractivity contribution < 1.29 is 14.3 Å². The Morgan fingerprint density at radius 3 is 2.65 bits per heavy atom. The van der Waals surface area contributed by atoms with Crippen LogP contribution in [0.1, 0.15) is 32.6 Å². The van der Waals surface area contributed by atoms with Crippen molar-refractivity contribution in [3.05, 3.63) is 24.3 Å². The molecule has 0 radical (unpaired) electrons. The molecule has 0 atom stereocenters. The van der Waals surface area contributed by atoms with Crippen molar-refractivity contribution in [1.82, 2.24) is 4.90 Å². The number of carbonyl (C=O) groups excluding carboxylic acids is 2. The summed E-state index contributed by atoms with van der Waals surface area (Å²) in [5, 5.41) is 2.81. The highest BCUT2D eigenvalue weighted by molar-refractivity contribution is 5.94. The van der Waals surface area contributed by atoms with E-state index in [0.717, 1.165) is 12.8 Å². The molecule has 1 aromatic carbocycles. The Balaban J connectivity index is 1.80. The monoisotopic (exact) mass is 319 g/mol. The average Bonchev–Trinajstić information content (AvgIpc) is 2.55. The van der Waals surface area contributed by atoms with Crippen molar-refractivity contribution in [2.45, 2.75) is 38.6 Å². The molecule has 0 aliphatic carbocycles. The summed E-state index contributed by atoms with van der Waals surface area (Å²) >= 11 is 0. The minimum Gasteiger partial charge on any atom is -0.492 e. The van der Waals surface area contributed by atoms with Gasteiger partial charge < -0.3 is 20.7 Å². The first-order valence-corrected chi connectivity index (χ1v) is 8.15. The van der Waals surface area contributed by atoms with E-state index in [1.54, 1.807) is 17.0 Å². The van der Waals surface area contributed by atoms with Crippen molar-refractivity contribution in [1.29, 1.82) is 0 Å². The van der Waals surface area contributed by atoms with E-state index in [0.29, 0.717) is 31.1 Å². The first-order chi connectivity index (χ1) is 11.1. The summed E-state index contributed by atoms with van der Waals surface area (Å²) in [5.74, 6) is 0.476. The fourth-order valence-corrected chi connectivity index (χ4v) is 2.59. The number of hydrogen-bond donors (Lipinski definition) is 2. The van der Waals surface area contributed by atoms with Crippen LogP contribution in [0.2, 0.25) is 0 Å². The van der Waals surface area contributed by atoms with Crippen LogP contribution in [-0.4, -0.2) is 42.5 Å². The summed E-state index contributed by atoms with van der Waals surface area (Å²) in [4.78, 5) is 26.0. The van der Waals surface area contributed by atoms with Gasteiger partial charge in [0.1, 0.15) is 5.75 Å². The molecule has 6 heteroatoms. The Morgan fingerprint density at radius 1 is 1.26 bits per heavy atom. The van der Waals surface area contributed by atoms with Crippen LogP contribution >= 0.6 is 0 Å². The summed E-state index contributed by atoms with van der Waals surface area (Å²) in [7, 11) is 0. The van der Waals surface area contributed by atoms with Gasteiger partial charge in [0.05, 0.1) is 12.3 Å². The maximum absolute atomic E-state index is 12.1. The van der Waals surface area contributed by atoms with E-state index >= 15 is 0 Å². The molecule has 3 N–H and O–H groups in total. The number of benzene rings is 1. The predicted octanol–water partition coefficient (Wildman–Crippen LogP) is 1.75. The Labute approximate surface area is 137 Å². The molecule has 0 aromatic heterocycles. The van der Waals surface area contributed by atoms with Gasteiger partial charge in [0, 0.05) is 32.0 Å². The fraction of sp³-hybridized carbons (Fsp3) is 0.529. The second-order valence-corrected chi connectivity index (χ2v) is 5.70. The number of nitrogens with two attached hydrogens (primary N) is 1. The summed E-state index contributed by atoms with van der Waals surface area (Å²) in [6.07, 6.45) is 2.05. The normalized spacial score (nSPS) is 15.3. The molecule has 2 amide bonds. The molecule has 1 saturated heterocycles. The molecule has 0 unspecified atom stereocenters. The molecule has 126 valence electrons. The molecule has 6 nitrogen and oxygen atoms in total. The number of ether oxygens (including phenoxy) is 1. The first kappa shape index (κ1) is 17.3. The number of nitrogens with zero attached hydrogens (tertiary/aromatic N) is 1. The fourth-order valence-electron chi connectivity index (χ4n) is 2.59. The number of para-hydroxylation sites is 2. The van der Waals surface area contributed by atoms with Gasteiger partial charge in [0.15, 0.2) is 0 Å². The lowest BCUT2D eigenvalue weighted by atomic mass is 10.1. The third-order valence-electron chi connectivity index (χ3n) is 3.92. The van der Waals surface area contributed by atoms with Crippen LogP contribution in [0.15, 0.2) is 24.3 Å². The minimum atomic E-state index is -0.181. The summed E-state index contributed by atoms with van der Waals surface area (Å²) < 4.78 is 5.47. The number of carbonyl (C=O) groups is 2. The number of rotatable bonds is 6. The smallest absolute Gasteiger partial charge is 0.224 e. The van der Waals surface area contributed by atoms with E-state index < -0.39 is 0 Å². The zero-order valence-electron chi connectivity index (χ0n) is 13.6. The Hall–Kier alpha value is -2.08. The van der Waals surface area contributed by atoms with Crippen LogP contribution in [0.25, 0.3) is 0 Å². The van der Waals surface area contributed by atoms with E-state index in [-0.39, 0.29) is 30.7 Å². The van der Waals surface area contributed by atoms with Gasteiger partial charge in [0.2, 0.25) is 11.8 Å². The number of likely N-dealkylation sites (tertiary alicyclic amines) is 1. The number of anilines is 1. The quantitative estimate of drug-likeness (QED) is 0.836. The van der Waals surface area contributed by atoms with Crippen LogP contribution in [0.3, 0.4) is 0 Å². The van der Waals surface area contributed by atoms with Crippen LogP contribution in [0.5, 0.6) is 5.75 Å². The summed E-state index contributed by atoms with van der Waals surface area (Å²) in [6, 6.07) is 7.47. The van der Waals surface area contributed by atoms with Crippen molar-refractivity contribution in [2.75, 3.05) is 25.0 Å². The van der Waals surface area contributed by atoms with E-state index in [1.807, 2.05) is 19.1 Å². The Morgan fingerprint density at radius 2 is 1.96 bits per heavy atom. The minimum absolute atomic E-state index is 0.0187. The van der Waals surface area contributed by atoms with Crippen molar-refractivity contribution in [3.8, 4) is 5.75 Å². The van der Waals surface area contributed by atoms with Crippen LogP contribution in [0, 0.1) is 0 Å². The molecule has 1 fully saturated rings. The first-order valence-electron chi connectivity index (χ1n) is 8.15. The molecule has 1 aliphatic rings. The molecule has 0 spiro atoms. The van der Waals surface area contributed by atoms with Gasteiger partial charge in [-0.1, -0.05) is 12.1 Å². The molecule has 1 heterocycles. The third-order valence-corrected chi connectivity index (χ3v) is 3.92. The van der Waals surface area contributed by atoms with Crippen LogP contribution in [-0.2, 0) is 9.59 Å². The second-order valence-electron chi connectivity index (χ2n) is 5.70. The summed E-state index contributed by atoms with van der Waals surface area (Å²) in [6.45, 7) is 3.80. The second kappa shape index (κ2) is 8.53. The molecule has 1 aromatic rings. The van der Waals surface area contributed by atoms with Gasteiger partial charge in [-0.05, 0) is 31.9 Å². The molecule has 2 rings (SSSR count). The van der Waals surface area contributed by atoms with Gasteiger partial charge >= 0.3 is 0 Å². The molecule has 23 heavy (non-hydrogen) atoms. The Bertz CT molecular complexity index is 540. The SMILES string of the molecule is CCOc1ccccc1NC(=O)CCC(=O)N1CCC(N)CC1. The van der Waals surface area contributed by atoms with Gasteiger partial charge in [-0.25, -0.2) is 0 Å². The maximum atomic E-state index is 12.1. The molecular formula is C17H25N3O3. The van der Waals surface area contributed by atoms with Gasteiger partial charge in [-0.15, -0.1) is 0 Å². The van der Waals surface area contributed by atoms with Gasteiger partial charge in [0.25, 0.3) is 0 Å². The van der Waals surface area contributed by atoms with Crippen LogP contribution in [0.4, 0.5) is 5.69 Å². The zero-order chi connectivity index (χ0) is 16.7. The molecule has 0 bridgehead atoms. The van der Waals surface area contributed by atoms with Gasteiger partial charge in [-0.2, -0.15) is 0 Å². The topological polar surface area (TPSA) is 84.7 Å². The van der Waals surface area contributed by atoms with Crippen molar-refractivity contribution in [2.24, 2.45) is 5.73 Å². The van der Waals surface area contributed by atoms with E-state index in [9.17, 15) is 9.59 Å². The number of nitrogens with one attached hydrogen (secondary N) is 1. The van der Waals surface area contributed by atoms with Crippen LogP contribution < -0.4 is 15.8 Å². The van der Waals surface area contributed by atoms with E-state index in [1.165, 1.54) is 0 Å². The summed E-state index contributed by atoms with van der Waals surface area (Å²) in [5.41, 5.74) is 6.47. The van der Waals surface area contributed by atoms with Gasteiger partial charge in [-0.3, -0.25) is 9.59 Å². The number of hydrogen-bond acceptors (Lipinski definition) is 4.